The Hall–Kier alpha value is -3.46. The van der Waals surface area contributed by atoms with Crippen molar-refractivity contribution < 1.29 is 14.0 Å². The van der Waals surface area contributed by atoms with E-state index in [9.17, 15) is 14.4 Å². The average molecular weight is 383 g/mol. The molecule has 3 rings (SSSR count). The number of likely N-dealkylation sites (N-methyl/N-ethyl adjacent to an activating group) is 1. The third-order valence-corrected chi connectivity index (χ3v) is 4.02. The third-order valence-electron chi connectivity index (χ3n) is 4.02. The minimum atomic E-state index is -0.434. The lowest BCUT2D eigenvalue weighted by atomic mass is 10.1. The van der Waals surface area contributed by atoms with Gasteiger partial charge in [0, 0.05) is 12.2 Å². The van der Waals surface area contributed by atoms with Crippen LogP contribution in [0, 0.1) is 6.92 Å². The minimum absolute atomic E-state index is 0.122. The van der Waals surface area contributed by atoms with Crippen molar-refractivity contribution in [3.63, 3.8) is 0 Å². The Kier molecular flexibility index (Phi) is 5.55. The van der Waals surface area contributed by atoms with E-state index in [2.05, 4.69) is 20.6 Å². The van der Waals surface area contributed by atoms with Crippen molar-refractivity contribution in [1.29, 1.82) is 0 Å². The van der Waals surface area contributed by atoms with Crippen molar-refractivity contribution in [3.8, 4) is 0 Å². The van der Waals surface area contributed by atoms with Gasteiger partial charge in [0.05, 0.1) is 18.4 Å². The summed E-state index contributed by atoms with van der Waals surface area (Å²) in [6, 6.07) is 7.18. The van der Waals surface area contributed by atoms with Gasteiger partial charge in [-0.2, -0.15) is 0 Å². The van der Waals surface area contributed by atoms with Gasteiger partial charge < -0.3 is 24.9 Å². The fraction of sp³-hybridized carbons (Fsp3) is 0.263. The standard InChI is InChI=1S/C19H21N5O4/c1-11-15(16-18(27)21-10-22-19(16)28-11)17(26)20-8-12-5-4-6-13(7-12)23-14(25)9-24(2)3/h4-7,10H,8-9H2,1-3H3,(H,20,26)(H,23,25)(H,21,22,27). The second-order valence-electron chi connectivity index (χ2n) is 6.61. The van der Waals surface area contributed by atoms with Gasteiger partial charge in [0.15, 0.2) is 0 Å². The smallest absolute Gasteiger partial charge is 0.262 e. The van der Waals surface area contributed by atoms with E-state index in [1.165, 1.54) is 6.33 Å². The first-order valence-corrected chi connectivity index (χ1v) is 8.63. The zero-order valence-electron chi connectivity index (χ0n) is 15.8. The number of nitrogens with one attached hydrogen (secondary N) is 3. The number of fused-ring (bicyclic) bond motifs is 1. The predicted octanol–water partition coefficient (Wildman–Crippen LogP) is 1.25. The van der Waals surface area contributed by atoms with Gasteiger partial charge in [-0.25, -0.2) is 4.98 Å². The second kappa shape index (κ2) is 8.05. The van der Waals surface area contributed by atoms with Crippen molar-refractivity contribution in [2.24, 2.45) is 0 Å². The van der Waals surface area contributed by atoms with Crippen LogP contribution in [0.3, 0.4) is 0 Å². The molecule has 146 valence electrons. The first-order valence-electron chi connectivity index (χ1n) is 8.63. The maximum Gasteiger partial charge on any atom is 0.262 e. The molecule has 0 aliphatic rings. The van der Waals surface area contributed by atoms with Gasteiger partial charge in [-0.3, -0.25) is 14.4 Å². The van der Waals surface area contributed by atoms with Gasteiger partial charge in [-0.05, 0) is 38.7 Å². The monoisotopic (exact) mass is 383 g/mol. The van der Waals surface area contributed by atoms with E-state index in [1.807, 2.05) is 20.2 Å². The molecule has 0 saturated carbocycles. The number of hydrogen-bond donors (Lipinski definition) is 3. The Morgan fingerprint density at radius 1 is 1.29 bits per heavy atom. The van der Waals surface area contributed by atoms with E-state index < -0.39 is 11.5 Å². The molecule has 0 saturated heterocycles. The number of nitrogens with zero attached hydrogens (tertiary/aromatic N) is 2. The SMILES string of the molecule is Cc1oc2nc[nH]c(=O)c2c1C(=O)NCc1cccc(NC(=O)CN(C)C)c1. The molecule has 9 nitrogen and oxygen atoms in total. The molecule has 2 amide bonds. The number of aromatic nitrogens is 2. The molecular formula is C19H21N5O4. The Morgan fingerprint density at radius 2 is 2.07 bits per heavy atom. The van der Waals surface area contributed by atoms with Gasteiger partial charge in [0.25, 0.3) is 11.5 Å². The number of aromatic amines is 1. The molecule has 0 unspecified atom stereocenters. The topological polar surface area (TPSA) is 120 Å². The first-order chi connectivity index (χ1) is 13.3. The van der Waals surface area contributed by atoms with Gasteiger partial charge in [0.2, 0.25) is 11.6 Å². The quantitative estimate of drug-likeness (QED) is 0.589. The van der Waals surface area contributed by atoms with Crippen LogP contribution in [-0.4, -0.2) is 47.3 Å². The summed E-state index contributed by atoms with van der Waals surface area (Å²) in [5, 5.41) is 5.71. The number of H-pyrrole nitrogens is 1. The molecule has 0 aliphatic heterocycles. The number of benzene rings is 1. The summed E-state index contributed by atoms with van der Waals surface area (Å²) in [4.78, 5) is 44.7. The van der Waals surface area contributed by atoms with Gasteiger partial charge in [-0.15, -0.1) is 0 Å². The summed E-state index contributed by atoms with van der Waals surface area (Å²) in [6.07, 6.45) is 1.23. The molecule has 0 aliphatic carbocycles. The highest BCUT2D eigenvalue weighted by atomic mass is 16.3. The van der Waals surface area contributed by atoms with Crippen LogP contribution < -0.4 is 16.2 Å². The summed E-state index contributed by atoms with van der Waals surface area (Å²) in [5.41, 5.74) is 1.30. The highest BCUT2D eigenvalue weighted by molar-refractivity contribution is 6.06. The molecule has 0 fully saturated rings. The number of carbonyl (C=O) groups excluding carboxylic acids is 2. The average Bonchev–Trinajstić information content (AvgIpc) is 2.96. The number of aryl methyl sites for hydroxylation is 1. The molecule has 0 bridgehead atoms. The maximum absolute atomic E-state index is 12.6. The molecule has 1 aromatic carbocycles. The zero-order valence-corrected chi connectivity index (χ0v) is 15.8. The highest BCUT2D eigenvalue weighted by Crippen LogP contribution is 2.20. The molecule has 0 spiro atoms. The molecular weight excluding hydrogens is 362 g/mol. The molecule has 9 heteroatoms. The molecule has 2 heterocycles. The van der Waals surface area contributed by atoms with Gasteiger partial charge >= 0.3 is 0 Å². The maximum atomic E-state index is 12.6. The molecule has 0 radical (unpaired) electrons. The van der Waals surface area contributed by atoms with E-state index in [0.717, 1.165) is 5.56 Å². The summed E-state index contributed by atoms with van der Waals surface area (Å²) < 4.78 is 5.40. The van der Waals surface area contributed by atoms with Crippen LogP contribution in [0.15, 0.2) is 39.8 Å². The number of carbonyl (C=O) groups is 2. The van der Waals surface area contributed by atoms with Crippen LogP contribution in [0.4, 0.5) is 5.69 Å². The Labute approximate surface area is 160 Å². The van der Waals surface area contributed by atoms with Crippen molar-refractivity contribution >= 4 is 28.6 Å². The van der Waals surface area contributed by atoms with E-state index in [-0.39, 0.29) is 35.7 Å². The molecule has 28 heavy (non-hydrogen) atoms. The van der Waals surface area contributed by atoms with Crippen LogP contribution >= 0.6 is 0 Å². The van der Waals surface area contributed by atoms with Crippen LogP contribution in [0.1, 0.15) is 21.7 Å². The summed E-state index contributed by atoms with van der Waals surface area (Å²) in [6.45, 7) is 2.10. The minimum Gasteiger partial charge on any atom is -0.442 e. The predicted molar refractivity (Wildman–Crippen MR) is 104 cm³/mol. The summed E-state index contributed by atoms with van der Waals surface area (Å²) in [5.74, 6) is -0.239. The van der Waals surface area contributed by atoms with E-state index in [4.69, 9.17) is 4.42 Å². The van der Waals surface area contributed by atoms with Crippen molar-refractivity contribution in [3.05, 3.63) is 57.8 Å². The van der Waals surface area contributed by atoms with E-state index >= 15 is 0 Å². The number of furan rings is 1. The Balaban J connectivity index is 1.72. The first kappa shape index (κ1) is 19.3. The summed E-state index contributed by atoms with van der Waals surface area (Å²) in [7, 11) is 3.63. The lowest BCUT2D eigenvalue weighted by Crippen LogP contribution is -2.27. The largest absolute Gasteiger partial charge is 0.442 e. The third kappa shape index (κ3) is 4.26. The van der Waals surface area contributed by atoms with Crippen LogP contribution in [0.25, 0.3) is 11.1 Å². The van der Waals surface area contributed by atoms with E-state index in [0.29, 0.717) is 11.4 Å². The lowest BCUT2D eigenvalue weighted by molar-refractivity contribution is -0.116. The van der Waals surface area contributed by atoms with Gasteiger partial charge in [0.1, 0.15) is 11.1 Å². The highest BCUT2D eigenvalue weighted by Gasteiger charge is 2.21. The van der Waals surface area contributed by atoms with Crippen LogP contribution in [0.2, 0.25) is 0 Å². The molecule has 3 aromatic rings. The normalized spacial score (nSPS) is 11.0. The van der Waals surface area contributed by atoms with Crippen molar-refractivity contribution in [2.45, 2.75) is 13.5 Å². The van der Waals surface area contributed by atoms with Crippen LogP contribution in [-0.2, 0) is 11.3 Å². The van der Waals surface area contributed by atoms with Crippen molar-refractivity contribution in [2.75, 3.05) is 26.0 Å². The second-order valence-corrected chi connectivity index (χ2v) is 6.61. The van der Waals surface area contributed by atoms with Crippen molar-refractivity contribution in [1.82, 2.24) is 20.2 Å². The summed E-state index contributed by atoms with van der Waals surface area (Å²) >= 11 is 0. The Morgan fingerprint density at radius 3 is 2.82 bits per heavy atom. The molecule has 3 N–H and O–H groups in total. The lowest BCUT2D eigenvalue weighted by Gasteiger charge is -2.11. The Bertz CT molecular complexity index is 1080. The fourth-order valence-corrected chi connectivity index (χ4v) is 2.84. The number of rotatable bonds is 6. The number of anilines is 1. The molecule has 0 atom stereocenters. The van der Waals surface area contributed by atoms with E-state index in [1.54, 1.807) is 30.0 Å². The van der Waals surface area contributed by atoms with Gasteiger partial charge in [-0.1, -0.05) is 12.1 Å². The van der Waals surface area contributed by atoms with Crippen LogP contribution in [0.5, 0.6) is 0 Å². The number of hydrogen-bond acceptors (Lipinski definition) is 6. The number of amides is 2. The molecule has 2 aromatic heterocycles. The fourth-order valence-electron chi connectivity index (χ4n) is 2.84. The zero-order chi connectivity index (χ0) is 20.3.